The van der Waals surface area contributed by atoms with Gasteiger partial charge >= 0.3 is 6.16 Å². The Morgan fingerprint density at radius 3 is 1.02 bits per heavy atom. The van der Waals surface area contributed by atoms with Crippen LogP contribution in [0.15, 0.2) is 170 Å². The van der Waals surface area contributed by atoms with Gasteiger partial charge in [-0.3, -0.25) is 18.1 Å². The molecule has 0 amide bonds. The second-order valence-electron chi connectivity index (χ2n) is 14.8. The maximum absolute atomic E-state index is 14.9. The minimum atomic E-state index is -2.12. The van der Waals surface area contributed by atoms with E-state index in [9.17, 15) is 13.2 Å². The van der Waals surface area contributed by atoms with E-state index in [4.69, 9.17) is 46.9 Å². The number of hydrogen-bond donors (Lipinski definition) is 0. The summed E-state index contributed by atoms with van der Waals surface area (Å²) in [5, 5.41) is 0. The van der Waals surface area contributed by atoms with E-state index in [1.807, 2.05) is 146 Å². The van der Waals surface area contributed by atoms with Crippen LogP contribution in [-0.2, 0) is 69.0 Å². The molecule has 6 unspecified atom stereocenters. The first-order chi connectivity index (χ1) is 31.4. The van der Waals surface area contributed by atoms with E-state index in [0.29, 0.717) is 44.9 Å². The molecule has 6 aromatic rings. The molecule has 13 nitrogen and oxygen atoms in total. The van der Waals surface area contributed by atoms with Gasteiger partial charge in [0.15, 0.2) is 34.4 Å². The zero-order valence-corrected chi connectivity index (χ0v) is 36.6. The highest BCUT2D eigenvalue weighted by molar-refractivity contribution is 7.82. The minimum absolute atomic E-state index is 0.00681. The Morgan fingerprint density at radius 1 is 0.438 bits per heavy atom. The van der Waals surface area contributed by atoms with Crippen LogP contribution in [0.5, 0.6) is 11.5 Å². The van der Waals surface area contributed by atoms with Gasteiger partial charge in [-0.15, -0.1) is 0 Å². The van der Waals surface area contributed by atoms with Crippen molar-refractivity contribution in [3.05, 3.63) is 203 Å². The summed E-state index contributed by atoms with van der Waals surface area (Å²) in [6.07, 6.45) is -5.20. The van der Waals surface area contributed by atoms with E-state index in [2.05, 4.69) is 0 Å². The van der Waals surface area contributed by atoms with Crippen molar-refractivity contribution >= 4 is 28.3 Å². The van der Waals surface area contributed by atoms with E-state index in [-0.39, 0.29) is 26.4 Å². The van der Waals surface area contributed by atoms with Crippen LogP contribution in [0.4, 0.5) is 4.79 Å². The monoisotopic (exact) mass is 906 g/mol. The average Bonchev–Trinajstić information content (AvgIpc) is 4.01. The first-order valence-electron chi connectivity index (χ1n) is 20.4. The SMILES string of the molecule is COc1ccc(C(c2ccccc2)(c2ccccc2)S(=O)OC2COCC2OOC(=O)OOC2COCC2OS(=O)C(c2ccccc2)(c2ccccc2)c2ccc(OC)cc2)cc1. The highest BCUT2D eigenvalue weighted by Gasteiger charge is 2.48. The van der Waals surface area contributed by atoms with Gasteiger partial charge in [0.05, 0.1) is 40.6 Å². The molecular weight excluding hydrogens is 861 g/mol. The van der Waals surface area contributed by atoms with Crippen LogP contribution in [0.25, 0.3) is 0 Å². The number of carbonyl (C=O) groups is 1. The molecule has 0 N–H and O–H groups in total. The molecule has 6 aromatic carbocycles. The Balaban J connectivity index is 0.948. The van der Waals surface area contributed by atoms with Crippen LogP contribution in [0.2, 0.25) is 0 Å². The smallest absolute Gasteiger partial charge is 0.497 e. The second-order valence-corrected chi connectivity index (χ2v) is 17.3. The Kier molecular flexibility index (Phi) is 14.6. The van der Waals surface area contributed by atoms with Crippen molar-refractivity contribution in [2.45, 2.75) is 33.9 Å². The van der Waals surface area contributed by atoms with Gasteiger partial charge in [0.2, 0.25) is 0 Å². The van der Waals surface area contributed by atoms with Crippen molar-refractivity contribution in [3.63, 3.8) is 0 Å². The molecule has 6 atom stereocenters. The van der Waals surface area contributed by atoms with Crippen LogP contribution in [0.3, 0.4) is 0 Å². The summed E-state index contributed by atoms with van der Waals surface area (Å²) in [6.45, 7) is -0.0986. The first-order valence-corrected chi connectivity index (χ1v) is 22.6. The van der Waals surface area contributed by atoms with Crippen molar-refractivity contribution in [1.82, 2.24) is 0 Å². The van der Waals surface area contributed by atoms with Crippen molar-refractivity contribution < 1.29 is 60.1 Å². The molecule has 0 aromatic heterocycles. The molecule has 2 heterocycles. The van der Waals surface area contributed by atoms with Crippen LogP contribution in [0.1, 0.15) is 33.4 Å². The lowest BCUT2D eigenvalue weighted by Gasteiger charge is -2.35. The summed E-state index contributed by atoms with van der Waals surface area (Å²) in [6, 6.07) is 52.2. The molecule has 15 heteroatoms. The molecule has 64 heavy (non-hydrogen) atoms. The third-order valence-corrected chi connectivity index (χ3v) is 14.3. The van der Waals surface area contributed by atoms with Crippen LogP contribution < -0.4 is 9.47 Å². The average molecular weight is 907 g/mol. The lowest BCUT2D eigenvalue weighted by molar-refractivity contribution is -0.352. The lowest BCUT2D eigenvalue weighted by atomic mass is 9.84. The fourth-order valence-corrected chi connectivity index (χ4v) is 11.0. The summed E-state index contributed by atoms with van der Waals surface area (Å²) in [5.41, 5.74) is 4.23. The van der Waals surface area contributed by atoms with E-state index in [1.165, 1.54) is 0 Å². The van der Waals surface area contributed by atoms with E-state index in [1.54, 1.807) is 38.5 Å². The zero-order valence-electron chi connectivity index (χ0n) is 34.9. The molecule has 0 spiro atoms. The van der Waals surface area contributed by atoms with Gasteiger partial charge in [-0.25, -0.2) is 8.42 Å². The van der Waals surface area contributed by atoms with Crippen molar-refractivity contribution in [3.8, 4) is 11.5 Å². The van der Waals surface area contributed by atoms with Crippen LogP contribution in [0, 0.1) is 0 Å². The summed E-state index contributed by atoms with van der Waals surface area (Å²) in [4.78, 5) is 33.9. The standard InChI is InChI=1S/C49H46O13S2/c1-53-41-27-23-39(24-28-41)48(35-15-7-3-8-16-35,36-17-9-4-10-18-36)63(51)61-45-33-55-31-43(45)57-59-47(50)60-58-44-32-56-34-46(44)62-64(52)49(37-19-11-5-12-20-37,38-21-13-6-14-22-38)40-25-29-42(54-2)30-26-40/h3-30,43-46H,31-34H2,1-2H3. The normalized spacial score (nSPS) is 19.7. The first kappa shape index (κ1) is 44.8. The van der Waals surface area contributed by atoms with Crippen LogP contribution in [-0.4, -0.2) is 79.6 Å². The number of hydrogen-bond acceptors (Lipinski definition) is 13. The van der Waals surface area contributed by atoms with Gasteiger partial charge in [-0.1, -0.05) is 146 Å². The fraction of sp³-hybridized carbons (Fsp3) is 0.245. The molecule has 2 aliphatic rings. The molecule has 8 rings (SSSR count). The second kappa shape index (κ2) is 20.8. The third kappa shape index (κ3) is 9.25. The highest BCUT2D eigenvalue weighted by Crippen LogP contribution is 2.46. The maximum atomic E-state index is 14.9. The summed E-state index contributed by atoms with van der Waals surface area (Å²) < 4.78 is 62.0. The van der Waals surface area contributed by atoms with E-state index < -0.39 is 62.2 Å². The number of carbonyl (C=O) groups excluding carboxylic acids is 1. The van der Waals surface area contributed by atoms with Gasteiger partial charge < -0.3 is 18.9 Å². The minimum Gasteiger partial charge on any atom is -0.497 e. The molecule has 2 fully saturated rings. The lowest BCUT2D eigenvalue weighted by Crippen LogP contribution is -2.41. The largest absolute Gasteiger partial charge is 0.573 e. The predicted molar refractivity (Wildman–Crippen MR) is 237 cm³/mol. The van der Waals surface area contributed by atoms with E-state index in [0.717, 1.165) is 0 Å². The number of methoxy groups -OCH3 is 2. The van der Waals surface area contributed by atoms with Crippen LogP contribution >= 0.6 is 0 Å². The predicted octanol–water partition coefficient (Wildman–Crippen LogP) is 7.90. The Bertz CT molecular complexity index is 2210. The van der Waals surface area contributed by atoms with Crippen molar-refractivity contribution in [1.29, 1.82) is 0 Å². The maximum Gasteiger partial charge on any atom is 0.573 e. The molecule has 2 aliphatic heterocycles. The van der Waals surface area contributed by atoms with Gasteiger partial charge in [-0.05, 0) is 57.6 Å². The third-order valence-electron chi connectivity index (χ3n) is 11.1. The molecule has 2 saturated heterocycles. The topological polar surface area (TPSA) is 144 Å². The molecule has 0 aliphatic carbocycles. The Morgan fingerprint density at radius 2 is 0.719 bits per heavy atom. The Labute approximate surface area is 376 Å². The number of ether oxygens (including phenoxy) is 4. The molecular formula is C49H46O13S2. The highest BCUT2D eigenvalue weighted by atomic mass is 32.2. The molecule has 0 bridgehead atoms. The quantitative estimate of drug-likeness (QED) is 0.0469. The Hall–Kier alpha value is -5.75. The molecule has 0 radical (unpaired) electrons. The number of benzene rings is 6. The zero-order chi connectivity index (χ0) is 44.4. The van der Waals surface area contributed by atoms with Gasteiger partial charge in [-0.2, -0.15) is 14.6 Å². The van der Waals surface area contributed by atoms with Crippen molar-refractivity contribution in [2.75, 3.05) is 40.6 Å². The summed E-state index contributed by atoms with van der Waals surface area (Å²) in [7, 11) is 3.16. The van der Waals surface area contributed by atoms with Gasteiger partial charge in [0.25, 0.3) is 0 Å². The van der Waals surface area contributed by atoms with E-state index >= 15 is 0 Å². The summed E-state index contributed by atoms with van der Waals surface area (Å²) >= 11 is -4.24. The number of rotatable bonds is 18. The van der Waals surface area contributed by atoms with Gasteiger partial charge in [0.1, 0.15) is 33.2 Å². The van der Waals surface area contributed by atoms with Gasteiger partial charge in [0, 0.05) is 0 Å². The summed E-state index contributed by atoms with van der Waals surface area (Å²) in [5.74, 6) is 1.26. The van der Waals surface area contributed by atoms with Crippen molar-refractivity contribution in [2.24, 2.45) is 0 Å². The molecule has 332 valence electrons. The molecule has 0 saturated carbocycles. The fourth-order valence-electron chi connectivity index (χ4n) is 7.89.